The minimum Gasteiger partial charge on any atom is -0.454 e. The van der Waals surface area contributed by atoms with Gasteiger partial charge in [0.2, 0.25) is 0 Å². The van der Waals surface area contributed by atoms with Crippen molar-refractivity contribution < 1.29 is 45.7 Å². The quantitative estimate of drug-likeness (QED) is 0.127. The van der Waals surface area contributed by atoms with Crippen LogP contribution in [0.2, 0.25) is 5.02 Å². The number of alkyl halides is 2. The zero-order valence-electron chi connectivity index (χ0n) is 14.8. The Kier molecular flexibility index (Phi) is 7.51. The maximum atomic E-state index is 13.2. The van der Waals surface area contributed by atoms with Gasteiger partial charge in [0.05, 0.1) is 15.5 Å². The lowest BCUT2D eigenvalue weighted by Gasteiger charge is -2.13. The van der Waals surface area contributed by atoms with Gasteiger partial charge in [-0.05, 0) is 46.9 Å². The van der Waals surface area contributed by atoms with Crippen LogP contribution in [0.3, 0.4) is 0 Å². The van der Waals surface area contributed by atoms with Gasteiger partial charge in [0.25, 0.3) is 5.69 Å². The van der Waals surface area contributed by atoms with Crippen LogP contribution in [-0.4, -0.2) is 41.7 Å². The standard InChI is InChI=1S/C16H9ClF2INO9S/c17-12-3-1-8(20)5-10(12)15(23)30-9-2-4-13(21(24)25)11(6-9)14(22)29-7-16(18,19)31(26,27)28/h1-6H,7H2,(H,26,27,28). The number of rotatable bonds is 7. The molecule has 0 amide bonds. The lowest BCUT2D eigenvalue weighted by Crippen LogP contribution is -2.34. The van der Waals surface area contributed by atoms with Crippen LogP contribution in [0.4, 0.5) is 14.5 Å². The average Bonchev–Trinajstić information content (AvgIpc) is 2.66. The van der Waals surface area contributed by atoms with Crippen molar-refractivity contribution in [1.82, 2.24) is 0 Å². The summed E-state index contributed by atoms with van der Waals surface area (Å²) in [5.41, 5.74) is -1.86. The number of hydrogen-bond donors (Lipinski definition) is 1. The van der Waals surface area contributed by atoms with E-state index in [0.29, 0.717) is 9.64 Å². The van der Waals surface area contributed by atoms with Gasteiger partial charge in [-0.25, -0.2) is 9.59 Å². The van der Waals surface area contributed by atoms with Gasteiger partial charge in [-0.1, -0.05) is 11.6 Å². The predicted octanol–water partition coefficient (Wildman–Crippen LogP) is 3.71. The Morgan fingerprint density at radius 2 is 1.81 bits per heavy atom. The lowest BCUT2D eigenvalue weighted by atomic mass is 10.1. The van der Waals surface area contributed by atoms with E-state index in [4.69, 9.17) is 20.9 Å². The number of nitro benzene ring substituents is 1. The molecule has 0 aromatic heterocycles. The molecule has 15 heteroatoms. The molecule has 166 valence electrons. The monoisotopic (exact) mass is 591 g/mol. The first-order chi connectivity index (χ1) is 14.2. The van der Waals surface area contributed by atoms with Crippen LogP contribution in [0.25, 0.3) is 0 Å². The van der Waals surface area contributed by atoms with Crippen molar-refractivity contribution in [3.63, 3.8) is 0 Å². The molecular formula is C16H9ClF2INO9S. The van der Waals surface area contributed by atoms with Crippen LogP contribution >= 0.6 is 34.2 Å². The van der Waals surface area contributed by atoms with E-state index in [1.165, 1.54) is 12.1 Å². The fourth-order valence-electron chi connectivity index (χ4n) is 2.02. The normalized spacial score (nSPS) is 11.6. The van der Waals surface area contributed by atoms with Crippen molar-refractivity contribution >= 4 is 61.9 Å². The highest BCUT2D eigenvalue weighted by Gasteiger charge is 2.46. The van der Waals surface area contributed by atoms with Gasteiger partial charge >= 0.3 is 27.3 Å². The van der Waals surface area contributed by atoms with Gasteiger partial charge in [-0.3, -0.25) is 14.7 Å². The number of hydrogen-bond acceptors (Lipinski definition) is 8. The average molecular weight is 592 g/mol. The van der Waals surface area contributed by atoms with E-state index in [1.807, 2.05) is 22.6 Å². The van der Waals surface area contributed by atoms with E-state index in [2.05, 4.69) is 4.74 Å². The third kappa shape index (κ3) is 6.05. The molecule has 0 bridgehead atoms. The van der Waals surface area contributed by atoms with Gasteiger partial charge in [-0.15, -0.1) is 0 Å². The smallest absolute Gasteiger partial charge is 0.402 e. The first-order valence-corrected chi connectivity index (χ1v) is 10.6. The van der Waals surface area contributed by atoms with E-state index >= 15 is 0 Å². The third-order valence-corrected chi connectivity index (χ3v) is 5.37. The van der Waals surface area contributed by atoms with Crippen molar-refractivity contribution in [2.24, 2.45) is 0 Å². The van der Waals surface area contributed by atoms with Crippen molar-refractivity contribution in [3.8, 4) is 5.75 Å². The molecule has 0 spiro atoms. The van der Waals surface area contributed by atoms with E-state index in [0.717, 1.165) is 12.1 Å². The predicted molar refractivity (Wildman–Crippen MR) is 109 cm³/mol. The highest BCUT2D eigenvalue weighted by Crippen LogP contribution is 2.28. The lowest BCUT2D eigenvalue weighted by molar-refractivity contribution is -0.385. The highest BCUT2D eigenvalue weighted by molar-refractivity contribution is 14.1. The van der Waals surface area contributed by atoms with E-state index in [9.17, 15) is 36.9 Å². The molecule has 2 aromatic rings. The molecule has 0 saturated heterocycles. The van der Waals surface area contributed by atoms with Crippen LogP contribution < -0.4 is 4.74 Å². The number of esters is 2. The molecule has 0 unspecified atom stereocenters. The summed E-state index contributed by atoms with van der Waals surface area (Å²) in [7, 11) is -5.90. The van der Waals surface area contributed by atoms with Crippen molar-refractivity contribution in [3.05, 3.63) is 66.2 Å². The molecule has 2 aromatic carbocycles. The molecule has 2 rings (SSSR count). The molecule has 0 fully saturated rings. The third-order valence-electron chi connectivity index (χ3n) is 3.49. The molecule has 0 radical (unpaired) electrons. The fraction of sp³-hybridized carbons (Fsp3) is 0.125. The zero-order chi connectivity index (χ0) is 23.6. The van der Waals surface area contributed by atoms with Crippen molar-refractivity contribution in [2.75, 3.05) is 6.61 Å². The number of nitrogens with zero attached hydrogens (tertiary/aromatic N) is 1. The molecule has 0 aliphatic carbocycles. The SMILES string of the molecule is O=C(Oc1ccc([N+](=O)[O-])c(C(=O)OCC(F)(F)S(=O)(=O)O)c1)c1cc(I)ccc1Cl. The molecule has 0 aliphatic heterocycles. The molecule has 10 nitrogen and oxygen atoms in total. The van der Waals surface area contributed by atoms with Crippen LogP contribution in [0.5, 0.6) is 5.75 Å². The Morgan fingerprint density at radius 1 is 1.16 bits per heavy atom. The largest absolute Gasteiger partial charge is 0.454 e. The Bertz CT molecular complexity index is 1170. The summed E-state index contributed by atoms with van der Waals surface area (Å²) in [5.74, 6) is -3.09. The van der Waals surface area contributed by atoms with E-state index in [1.54, 1.807) is 6.07 Å². The second kappa shape index (κ2) is 9.37. The van der Waals surface area contributed by atoms with Crippen LogP contribution in [0.15, 0.2) is 36.4 Å². The summed E-state index contributed by atoms with van der Waals surface area (Å²) in [5, 5.41) is 6.31. The first kappa shape index (κ1) is 24.8. The maximum absolute atomic E-state index is 13.2. The number of ether oxygens (including phenoxy) is 2. The molecule has 1 N–H and O–H groups in total. The molecular weight excluding hydrogens is 583 g/mol. The number of benzene rings is 2. The number of carbonyl (C=O) groups is 2. The van der Waals surface area contributed by atoms with Crippen LogP contribution in [0.1, 0.15) is 20.7 Å². The number of carbonyl (C=O) groups excluding carboxylic acids is 2. The molecule has 31 heavy (non-hydrogen) atoms. The van der Waals surface area contributed by atoms with Gasteiger partial charge in [0.1, 0.15) is 11.3 Å². The fourth-order valence-corrected chi connectivity index (χ4v) is 2.91. The van der Waals surface area contributed by atoms with Gasteiger partial charge in [-0.2, -0.15) is 17.2 Å². The minimum atomic E-state index is -5.90. The summed E-state index contributed by atoms with van der Waals surface area (Å²) >= 11 is 7.83. The minimum absolute atomic E-state index is 0.0411. The Morgan fingerprint density at radius 3 is 2.39 bits per heavy atom. The first-order valence-electron chi connectivity index (χ1n) is 7.70. The Hall–Kier alpha value is -2.43. The van der Waals surface area contributed by atoms with E-state index in [-0.39, 0.29) is 16.3 Å². The van der Waals surface area contributed by atoms with Crippen molar-refractivity contribution in [1.29, 1.82) is 0 Å². The van der Waals surface area contributed by atoms with Crippen molar-refractivity contribution in [2.45, 2.75) is 5.25 Å². The summed E-state index contributed by atoms with van der Waals surface area (Å²) in [6.07, 6.45) is 0. The Labute approximate surface area is 191 Å². The Balaban J connectivity index is 2.32. The second-order valence-electron chi connectivity index (χ2n) is 5.64. The summed E-state index contributed by atoms with van der Waals surface area (Å²) < 4.78 is 65.8. The molecule has 0 heterocycles. The summed E-state index contributed by atoms with van der Waals surface area (Å²) in [6.45, 7) is -2.11. The number of halogens is 4. The van der Waals surface area contributed by atoms with Gasteiger partial charge in [0, 0.05) is 15.7 Å². The topological polar surface area (TPSA) is 150 Å². The number of nitro groups is 1. The maximum Gasteiger partial charge on any atom is 0.402 e. The molecule has 0 atom stereocenters. The molecule has 0 saturated carbocycles. The van der Waals surface area contributed by atoms with Gasteiger partial charge in [0.15, 0.2) is 6.61 Å². The van der Waals surface area contributed by atoms with Crippen LogP contribution in [0, 0.1) is 13.7 Å². The van der Waals surface area contributed by atoms with Crippen LogP contribution in [-0.2, 0) is 14.9 Å². The molecule has 0 aliphatic rings. The highest BCUT2D eigenvalue weighted by atomic mass is 127. The second-order valence-corrected chi connectivity index (χ2v) is 8.84. The zero-order valence-corrected chi connectivity index (χ0v) is 18.5. The van der Waals surface area contributed by atoms with E-state index < -0.39 is 50.1 Å². The summed E-state index contributed by atoms with van der Waals surface area (Å²) in [6, 6.07) is 6.81. The summed E-state index contributed by atoms with van der Waals surface area (Å²) in [4.78, 5) is 34.4. The van der Waals surface area contributed by atoms with Gasteiger partial charge < -0.3 is 9.47 Å².